The maximum atomic E-state index is 10.5. The Kier molecular flexibility index (Phi) is 2.21. The van der Waals surface area contributed by atoms with Crippen LogP contribution in [-0.2, 0) is 9.59 Å². The van der Waals surface area contributed by atoms with E-state index in [4.69, 9.17) is 0 Å². The van der Waals surface area contributed by atoms with Crippen molar-refractivity contribution in [2.45, 2.75) is 5.25 Å². The molecule has 1 saturated heterocycles. The molecular formula is C4H6N2O2S. The molecule has 0 bridgehead atoms. The molecule has 1 fully saturated rings. The Hall–Kier alpha value is -0.390. The molecule has 1 aliphatic heterocycles. The van der Waals surface area contributed by atoms with E-state index in [1.807, 2.05) is 0 Å². The van der Waals surface area contributed by atoms with Crippen LogP contribution in [0.2, 0.25) is 0 Å². The fraction of sp³-hybridized carbons (Fsp3) is 0.500. The molecule has 0 aliphatic carbocycles. The number of Topliss-reactive ketones (excluding diaryl/α,β-unsaturated/α-hetero) is 1. The van der Waals surface area contributed by atoms with Crippen molar-refractivity contribution in [1.29, 1.82) is 0 Å². The Morgan fingerprint density at radius 1 is 1.78 bits per heavy atom. The van der Waals surface area contributed by atoms with Gasteiger partial charge in [-0.3, -0.25) is 9.59 Å². The third-order valence-electron chi connectivity index (χ3n) is 0.994. The molecule has 4 nitrogen and oxygen atoms in total. The number of ketones is 1. The van der Waals surface area contributed by atoms with Crippen LogP contribution < -0.4 is 10.3 Å². The zero-order valence-corrected chi connectivity index (χ0v) is 5.40. The van der Waals surface area contributed by atoms with Crippen LogP contribution in [0.15, 0.2) is 0 Å². The zero-order chi connectivity index (χ0) is 6.69. The van der Waals surface area contributed by atoms with Gasteiger partial charge < -0.3 is 0 Å². The lowest BCUT2D eigenvalue weighted by Gasteiger charge is -1.94. The average molecular weight is 146 g/mol. The number of nitrogens with one attached hydrogen (secondary N) is 2. The minimum absolute atomic E-state index is 0.234. The van der Waals surface area contributed by atoms with Gasteiger partial charge in [-0.15, -0.1) is 0 Å². The van der Waals surface area contributed by atoms with Gasteiger partial charge in [0.1, 0.15) is 5.25 Å². The van der Waals surface area contributed by atoms with E-state index < -0.39 is 0 Å². The molecule has 0 aromatic carbocycles. The summed E-state index contributed by atoms with van der Waals surface area (Å²) >= 11 is 1.23. The first-order valence-corrected chi connectivity index (χ1v) is 3.35. The molecule has 1 unspecified atom stereocenters. The van der Waals surface area contributed by atoms with Crippen molar-refractivity contribution < 1.29 is 9.59 Å². The lowest BCUT2D eigenvalue weighted by atomic mass is 10.3. The van der Waals surface area contributed by atoms with Crippen molar-refractivity contribution >= 4 is 24.0 Å². The quantitative estimate of drug-likeness (QED) is 0.293. The third-order valence-corrected chi connectivity index (χ3v) is 1.94. The fourth-order valence-electron chi connectivity index (χ4n) is 0.523. The minimum atomic E-state index is -0.363. The predicted molar refractivity (Wildman–Crippen MR) is 33.6 cm³/mol. The fourth-order valence-corrected chi connectivity index (χ4v) is 1.17. The summed E-state index contributed by atoms with van der Waals surface area (Å²) in [6.07, 6.45) is 0.354. The highest BCUT2D eigenvalue weighted by Gasteiger charge is 2.22. The van der Waals surface area contributed by atoms with Crippen LogP contribution >= 0.6 is 11.9 Å². The van der Waals surface area contributed by atoms with Gasteiger partial charge in [-0.05, 0) is 0 Å². The normalized spacial score (nSPS) is 26.0. The lowest BCUT2D eigenvalue weighted by Crippen LogP contribution is -2.24. The maximum absolute atomic E-state index is 10.5. The molecule has 0 radical (unpaired) electrons. The number of aldehydes is 1. The highest BCUT2D eigenvalue weighted by atomic mass is 32.2. The summed E-state index contributed by atoms with van der Waals surface area (Å²) in [6, 6.07) is 0. The molecule has 1 heterocycles. The molecular weight excluding hydrogens is 140 g/mol. The second-order valence-corrected chi connectivity index (χ2v) is 2.62. The number of carbonyl (C=O) groups is 2. The van der Waals surface area contributed by atoms with E-state index in [0.29, 0.717) is 12.8 Å². The molecule has 1 rings (SSSR count). The Morgan fingerprint density at radius 3 is 3.00 bits per heavy atom. The summed E-state index contributed by atoms with van der Waals surface area (Å²) in [5.74, 6) is -0.363. The lowest BCUT2D eigenvalue weighted by molar-refractivity contribution is -0.129. The van der Waals surface area contributed by atoms with Gasteiger partial charge in [0.25, 0.3) is 0 Å². The summed E-state index contributed by atoms with van der Waals surface area (Å²) < 4.78 is 0. The first kappa shape index (κ1) is 6.73. The van der Waals surface area contributed by atoms with E-state index in [9.17, 15) is 9.59 Å². The molecule has 9 heavy (non-hydrogen) atoms. The summed E-state index contributed by atoms with van der Waals surface area (Å²) in [5, 5.41) is -0.234. The first-order valence-electron chi connectivity index (χ1n) is 2.47. The van der Waals surface area contributed by atoms with Gasteiger partial charge in [-0.1, -0.05) is 11.9 Å². The summed E-state index contributed by atoms with van der Waals surface area (Å²) in [5.41, 5.74) is 2.72. The Morgan fingerprint density at radius 2 is 2.56 bits per heavy atom. The van der Waals surface area contributed by atoms with Gasteiger partial charge in [-0.25, -0.2) is 10.3 Å². The van der Waals surface area contributed by atoms with E-state index in [1.165, 1.54) is 11.9 Å². The molecule has 5 heteroatoms. The first-order chi connectivity index (χ1) is 4.34. The Bertz CT molecular complexity index is 133. The maximum Gasteiger partial charge on any atom is 0.210 e. The summed E-state index contributed by atoms with van der Waals surface area (Å²) in [6.45, 7) is 0.530. The van der Waals surface area contributed by atoms with Crippen LogP contribution in [0.25, 0.3) is 0 Å². The second kappa shape index (κ2) is 2.95. The highest BCUT2D eigenvalue weighted by Crippen LogP contribution is 2.08. The number of carbonyl (C=O) groups excluding carboxylic acids is 2. The average Bonchev–Trinajstić information content (AvgIpc) is 2.37. The SMILES string of the molecule is O=CC(=O)C1CNNS1. The predicted octanol–water partition coefficient (Wildman–Crippen LogP) is -1.12. The molecule has 0 saturated carbocycles. The van der Waals surface area contributed by atoms with E-state index in [0.717, 1.165) is 0 Å². The van der Waals surface area contributed by atoms with Crippen LogP contribution in [0.1, 0.15) is 0 Å². The van der Waals surface area contributed by atoms with Gasteiger partial charge in [0, 0.05) is 6.54 Å². The standard InChI is InChI=1S/C4H6N2O2S/c7-2-3(8)4-1-5-6-9-4/h2,4-6H,1H2. The topological polar surface area (TPSA) is 58.2 Å². The number of rotatable bonds is 2. The van der Waals surface area contributed by atoms with Gasteiger partial charge in [0.15, 0.2) is 6.29 Å². The number of hydrogen-bond acceptors (Lipinski definition) is 5. The third kappa shape index (κ3) is 1.51. The molecule has 1 atom stereocenters. The highest BCUT2D eigenvalue weighted by molar-refractivity contribution is 7.99. The monoisotopic (exact) mass is 146 g/mol. The van der Waals surface area contributed by atoms with Crippen LogP contribution in [0.5, 0.6) is 0 Å². The van der Waals surface area contributed by atoms with E-state index >= 15 is 0 Å². The molecule has 0 aromatic heterocycles. The van der Waals surface area contributed by atoms with Crippen LogP contribution in [0.4, 0.5) is 0 Å². The van der Waals surface area contributed by atoms with Crippen molar-refractivity contribution in [3.05, 3.63) is 0 Å². The van der Waals surface area contributed by atoms with Gasteiger partial charge in [-0.2, -0.15) is 0 Å². The largest absolute Gasteiger partial charge is 0.295 e. The van der Waals surface area contributed by atoms with Gasteiger partial charge >= 0.3 is 0 Å². The number of hydrazine groups is 1. The summed E-state index contributed by atoms with van der Waals surface area (Å²) in [7, 11) is 0. The molecule has 0 amide bonds. The van der Waals surface area contributed by atoms with Crippen LogP contribution in [-0.4, -0.2) is 23.9 Å². The van der Waals surface area contributed by atoms with Crippen molar-refractivity contribution in [2.24, 2.45) is 0 Å². The second-order valence-electron chi connectivity index (χ2n) is 1.61. The van der Waals surface area contributed by atoms with Crippen molar-refractivity contribution in [2.75, 3.05) is 6.54 Å². The zero-order valence-electron chi connectivity index (χ0n) is 4.59. The summed E-state index contributed by atoms with van der Waals surface area (Å²) in [4.78, 5) is 23.1. The van der Waals surface area contributed by atoms with Crippen LogP contribution in [0.3, 0.4) is 0 Å². The Balaban J connectivity index is 2.41. The van der Waals surface area contributed by atoms with Crippen molar-refractivity contribution in [1.82, 2.24) is 10.3 Å². The number of hydrogen-bond donors (Lipinski definition) is 2. The Labute approximate surface area is 56.5 Å². The van der Waals surface area contributed by atoms with E-state index in [2.05, 4.69) is 10.3 Å². The minimum Gasteiger partial charge on any atom is -0.295 e. The molecule has 0 spiro atoms. The smallest absolute Gasteiger partial charge is 0.210 e. The molecule has 0 aromatic rings. The van der Waals surface area contributed by atoms with Gasteiger partial charge in [0.2, 0.25) is 5.78 Å². The molecule has 1 aliphatic rings. The van der Waals surface area contributed by atoms with Crippen molar-refractivity contribution in [3.63, 3.8) is 0 Å². The van der Waals surface area contributed by atoms with E-state index in [1.54, 1.807) is 0 Å². The van der Waals surface area contributed by atoms with Gasteiger partial charge in [0.05, 0.1) is 0 Å². The van der Waals surface area contributed by atoms with Crippen molar-refractivity contribution in [3.8, 4) is 0 Å². The van der Waals surface area contributed by atoms with E-state index in [-0.39, 0.29) is 11.0 Å². The molecule has 50 valence electrons. The van der Waals surface area contributed by atoms with Crippen LogP contribution in [0, 0.1) is 0 Å². The molecule has 2 N–H and O–H groups in total.